The Labute approximate surface area is 108 Å². The average molecular weight is 248 g/mol. The van der Waals surface area contributed by atoms with Gasteiger partial charge in [-0.2, -0.15) is 0 Å². The van der Waals surface area contributed by atoms with Crippen LogP contribution in [0, 0.1) is 0 Å². The maximum Gasteiger partial charge on any atom is 0.237 e. The third kappa shape index (κ3) is 3.60. The van der Waals surface area contributed by atoms with Crippen molar-refractivity contribution in [3.63, 3.8) is 0 Å². The first-order chi connectivity index (χ1) is 8.60. The molecule has 4 heteroatoms. The summed E-state index contributed by atoms with van der Waals surface area (Å²) in [5.74, 6) is 0.566. The van der Waals surface area contributed by atoms with Gasteiger partial charge in [0.15, 0.2) is 0 Å². The number of carbonyl (C=O) groups excluding carboxylic acids is 1. The fourth-order valence-corrected chi connectivity index (χ4v) is 1.71. The quantitative estimate of drug-likeness (QED) is 0.754. The molecule has 0 heterocycles. The largest absolute Gasteiger partial charge is 0.496 e. The summed E-state index contributed by atoms with van der Waals surface area (Å²) in [6.07, 6.45) is 2.10. The van der Waals surface area contributed by atoms with E-state index in [2.05, 4.69) is 11.9 Å². The number of para-hydroxylation sites is 1. The zero-order valence-corrected chi connectivity index (χ0v) is 10.8. The Bertz CT molecular complexity index is 418. The van der Waals surface area contributed by atoms with E-state index in [1.165, 1.54) is 0 Å². The van der Waals surface area contributed by atoms with Crippen LogP contribution in [0.5, 0.6) is 5.75 Å². The molecule has 1 rings (SSSR count). The van der Waals surface area contributed by atoms with Crippen molar-refractivity contribution in [2.75, 3.05) is 7.11 Å². The number of hydrogen-bond donors (Lipinski definition) is 2. The summed E-state index contributed by atoms with van der Waals surface area (Å²) in [6.45, 7) is 5.47. The summed E-state index contributed by atoms with van der Waals surface area (Å²) in [4.78, 5) is 11.8. The first kappa shape index (κ1) is 14.3. The third-order valence-electron chi connectivity index (χ3n) is 2.72. The minimum atomic E-state index is -0.556. The van der Waals surface area contributed by atoms with Gasteiger partial charge >= 0.3 is 0 Å². The number of benzene rings is 1. The van der Waals surface area contributed by atoms with E-state index in [9.17, 15) is 4.79 Å². The topological polar surface area (TPSA) is 64.4 Å². The molecular weight excluding hydrogens is 228 g/mol. The van der Waals surface area contributed by atoms with Crippen LogP contribution in [0.3, 0.4) is 0 Å². The summed E-state index contributed by atoms with van der Waals surface area (Å²) in [6, 6.07) is 6.87. The van der Waals surface area contributed by atoms with Crippen LogP contribution in [0.1, 0.15) is 24.9 Å². The number of rotatable bonds is 6. The number of amides is 1. The van der Waals surface area contributed by atoms with Crippen molar-refractivity contribution >= 4 is 5.91 Å². The Morgan fingerprint density at radius 1 is 1.56 bits per heavy atom. The maximum absolute atomic E-state index is 11.8. The van der Waals surface area contributed by atoms with Gasteiger partial charge in [-0.05, 0) is 19.4 Å². The molecule has 4 nitrogen and oxygen atoms in total. The van der Waals surface area contributed by atoms with Crippen LogP contribution < -0.4 is 15.8 Å². The Morgan fingerprint density at radius 3 is 2.83 bits per heavy atom. The number of nitrogens with two attached hydrogens (primary N) is 1. The average Bonchev–Trinajstić information content (AvgIpc) is 2.38. The molecule has 1 amide bonds. The van der Waals surface area contributed by atoms with Crippen molar-refractivity contribution in [2.45, 2.75) is 25.4 Å². The van der Waals surface area contributed by atoms with Gasteiger partial charge < -0.3 is 15.8 Å². The number of nitrogens with one attached hydrogen (secondary N) is 1. The zero-order chi connectivity index (χ0) is 13.5. The Balaban J connectivity index is 2.73. The number of methoxy groups -OCH3 is 1. The molecule has 0 aromatic heterocycles. The van der Waals surface area contributed by atoms with Crippen LogP contribution in [0.15, 0.2) is 36.9 Å². The molecule has 0 saturated heterocycles. The van der Waals surface area contributed by atoms with Gasteiger partial charge in [0, 0.05) is 5.56 Å². The van der Waals surface area contributed by atoms with Gasteiger partial charge in [0.05, 0.1) is 19.2 Å². The van der Waals surface area contributed by atoms with Crippen molar-refractivity contribution in [3.8, 4) is 5.75 Å². The van der Waals surface area contributed by atoms with E-state index in [0.717, 1.165) is 11.3 Å². The van der Waals surface area contributed by atoms with Crippen molar-refractivity contribution in [2.24, 2.45) is 5.73 Å². The van der Waals surface area contributed by atoms with Crippen molar-refractivity contribution in [3.05, 3.63) is 42.5 Å². The lowest BCUT2D eigenvalue weighted by Crippen LogP contribution is -2.41. The zero-order valence-electron chi connectivity index (χ0n) is 10.8. The lowest BCUT2D eigenvalue weighted by Gasteiger charge is -2.19. The van der Waals surface area contributed by atoms with Crippen LogP contribution in [0.25, 0.3) is 0 Å². The summed E-state index contributed by atoms with van der Waals surface area (Å²) in [5.41, 5.74) is 6.64. The van der Waals surface area contributed by atoms with Gasteiger partial charge in [0.1, 0.15) is 5.75 Å². The number of ether oxygens (including phenoxy) is 1. The van der Waals surface area contributed by atoms with Crippen LogP contribution in [0.2, 0.25) is 0 Å². The van der Waals surface area contributed by atoms with Gasteiger partial charge in [0.25, 0.3) is 0 Å². The lowest BCUT2D eigenvalue weighted by atomic mass is 10.1. The predicted octanol–water partition coefficient (Wildman–Crippen LogP) is 1.78. The van der Waals surface area contributed by atoms with Gasteiger partial charge in [-0.25, -0.2) is 0 Å². The van der Waals surface area contributed by atoms with Crippen molar-refractivity contribution in [1.29, 1.82) is 0 Å². The fraction of sp³-hybridized carbons (Fsp3) is 0.357. The highest BCUT2D eigenvalue weighted by atomic mass is 16.5. The minimum Gasteiger partial charge on any atom is -0.496 e. The molecule has 1 aromatic carbocycles. The molecule has 98 valence electrons. The molecule has 0 aliphatic heterocycles. The highest BCUT2D eigenvalue weighted by Gasteiger charge is 2.17. The van der Waals surface area contributed by atoms with E-state index < -0.39 is 6.04 Å². The highest BCUT2D eigenvalue weighted by Crippen LogP contribution is 2.24. The van der Waals surface area contributed by atoms with Gasteiger partial charge in [-0.1, -0.05) is 24.3 Å². The molecule has 3 N–H and O–H groups in total. The maximum atomic E-state index is 11.8. The SMILES string of the molecule is C=CCC(N)C(=O)N[C@H](C)c1ccccc1OC. The molecule has 1 aromatic rings. The van der Waals surface area contributed by atoms with E-state index in [0.29, 0.717) is 6.42 Å². The minimum absolute atomic E-state index is 0.149. The smallest absolute Gasteiger partial charge is 0.237 e. The van der Waals surface area contributed by atoms with Crippen LogP contribution in [-0.4, -0.2) is 19.1 Å². The Hall–Kier alpha value is -1.81. The van der Waals surface area contributed by atoms with Crippen LogP contribution >= 0.6 is 0 Å². The van der Waals surface area contributed by atoms with E-state index in [1.807, 2.05) is 31.2 Å². The summed E-state index contributed by atoms with van der Waals surface area (Å²) in [7, 11) is 1.61. The molecule has 0 bridgehead atoms. The van der Waals surface area contributed by atoms with E-state index in [-0.39, 0.29) is 11.9 Å². The normalized spacial score (nSPS) is 13.5. The molecular formula is C14H20N2O2. The Morgan fingerprint density at radius 2 is 2.22 bits per heavy atom. The predicted molar refractivity (Wildman–Crippen MR) is 72.3 cm³/mol. The van der Waals surface area contributed by atoms with Crippen LogP contribution in [0.4, 0.5) is 0 Å². The third-order valence-corrected chi connectivity index (χ3v) is 2.72. The molecule has 0 aliphatic rings. The van der Waals surface area contributed by atoms with Crippen LogP contribution in [-0.2, 0) is 4.79 Å². The summed E-state index contributed by atoms with van der Waals surface area (Å²) >= 11 is 0. The lowest BCUT2D eigenvalue weighted by molar-refractivity contribution is -0.122. The van der Waals surface area contributed by atoms with E-state index in [1.54, 1.807) is 13.2 Å². The van der Waals surface area contributed by atoms with E-state index in [4.69, 9.17) is 10.5 Å². The van der Waals surface area contributed by atoms with Gasteiger partial charge in [0.2, 0.25) is 5.91 Å². The summed E-state index contributed by atoms with van der Waals surface area (Å²) < 4.78 is 5.26. The molecule has 0 fully saturated rings. The molecule has 18 heavy (non-hydrogen) atoms. The molecule has 2 atom stereocenters. The van der Waals surface area contributed by atoms with E-state index >= 15 is 0 Å². The first-order valence-corrected chi connectivity index (χ1v) is 5.90. The number of carbonyl (C=O) groups is 1. The highest BCUT2D eigenvalue weighted by molar-refractivity contribution is 5.82. The first-order valence-electron chi connectivity index (χ1n) is 5.90. The molecule has 0 radical (unpaired) electrons. The van der Waals surface area contributed by atoms with Gasteiger partial charge in [-0.3, -0.25) is 4.79 Å². The second-order valence-corrected chi connectivity index (χ2v) is 4.10. The second-order valence-electron chi connectivity index (χ2n) is 4.10. The fourth-order valence-electron chi connectivity index (χ4n) is 1.71. The second kappa shape index (κ2) is 6.81. The number of hydrogen-bond acceptors (Lipinski definition) is 3. The monoisotopic (exact) mass is 248 g/mol. The van der Waals surface area contributed by atoms with Crippen molar-refractivity contribution < 1.29 is 9.53 Å². The molecule has 1 unspecified atom stereocenters. The molecule has 0 aliphatic carbocycles. The Kier molecular flexibility index (Phi) is 5.39. The molecule has 0 saturated carbocycles. The standard InChI is InChI=1S/C14H20N2O2/c1-4-7-12(15)14(17)16-10(2)11-8-5-6-9-13(11)18-3/h4-6,8-10,12H,1,7,15H2,2-3H3,(H,16,17)/t10-,12?/m1/s1. The molecule has 0 spiro atoms. The van der Waals surface area contributed by atoms with Crippen molar-refractivity contribution in [1.82, 2.24) is 5.32 Å². The van der Waals surface area contributed by atoms with Gasteiger partial charge in [-0.15, -0.1) is 6.58 Å². The summed E-state index contributed by atoms with van der Waals surface area (Å²) in [5, 5.41) is 2.86.